The summed E-state index contributed by atoms with van der Waals surface area (Å²) in [6.07, 6.45) is 0.201. The summed E-state index contributed by atoms with van der Waals surface area (Å²) in [6.45, 7) is 6.87. The van der Waals surface area contributed by atoms with E-state index in [4.69, 9.17) is 16.3 Å². The molecule has 10 heteroatoms. The van der Waals surface area contributed by atoms with E-state index in [0.29, 0.717) is 16.3 Å². The average molecular weight is 662 g/mol. The number of halogens is 1. The van der Waals surface area contributed by atoms with E-state index in [9.17, 15) is 18.0 Å². The Balaban J connectivity index is 1.83. The number of nitrogens with zero attached hydrogens (tertiary/aromatic N) is 2. The highest BCUT2D eigenvalue weighted by atomic mass is 35.5. The van der Waals surface area contributed by atoms with Crippen molar-refractivity contribution in [3.63, 3.8) is 0 Å². The highest BCUT2D eigenvalue weighted by Crippen LogP contribution is 2.28. The van der Waals surface area contributed by atoms with Crippen LogP contribution in [0.2, 0.25) is 5.02 Å². The number of ether oxygens (including phenoxy) is 1. The molecule has 0 spiro atoms. The maximum Gasteiger partial charge on any atom is 0.264 e. The topological polar surface area (TPSA) is 96.0 Å². The number of aryl methyl sites for hydroxylation is 1. The van der Waals surface area contributed by atoms with Gasteiger partial charge in [0.15, 0.2) is 0 Å². The molecule has 0 unspecified atom stereocenters. The number of methoxy groups -OCH3 is 1. The van der Waals surface area contributed by atoms with Crippen LogP contribution in [0.15, 0.2) is 108 Å². The zero-order chi connectivity index (χ0) is 33.5. The van der Waals surface area contributed by atoms with Crippen molar-refractivity contribution in [2.75, 3.05) is 18.0 Å². The van der Waals surface area contributed by atoms with Gasteiger partial charge in [-0.05, 0) is 81.3 Å². The van der Waals surface area contributed by atoms with E-state index in [2.05, 4.69) is 5.32 Å². The summed E-state index contributed by atoms with van der Waals surface area (Å²) in [7, 11) is -2.70. The Hall–Kier alpha value is -4.34. The summed E-state index contributed by atoms with van der Waals surface area (Å²) >= 11 is 6.56. The smallest absolute Gasteiger partial charge is 0.264 e. The van der Waals surface area contributed by atoms with Crippen molar-refractivity contribution in [3.05, 3.63) is 125 Å². The van der Waals surface area contributed by atoms with Crippen molar-refractivity contribution in [3.8, 4) is 5.75 Å². The maximum atomic E-state index is 14.6. The molecule has 0 saturated heterocycles. The predicted octanol–water partition coefficient (Wildman–Crippen LogP) is 6.41. The molecule has 4 aromatic rings. The molecule has 8 nitrogen and oxygen atoms in total. The standard InChI is InChI=1S/C36H40ClN3O5S/c1-26-15-21-31(22-16-26)46(43,44)40(29-17-19-30(45-5)20-18-29)25-34(41)39(24-28-13-9-10-14-32(28)37)33(35(42)38-36(2,3)4)23-27-11-7-6-8-12-27/h6-22,33H,23-25H2,1-5H3,(H,38,42)/t33-/m0/s1. The zero-order valence-corrected chi connectivity index (χ0v) is 28.3. The first-order chi connectivity index (χ1) is 21.8. The fourth-order valence-electron chi connectivity index (χ4n) is 4.93. The van der Waals surface area contributed by atoms with Crippen molar-refractivity contribution in [2.45, 2.75) is 57.1 Å². The SMILES string of the molecule is COc1ccc(N(CC(=O)N(Cc2ccccc2Cl)[C@@H](Cc2ccccc2)C(=O)NC(C)(C)C)S(=O)(=O)c2ccc(C)cc2)cc1. The molecule has 1 atom stereocenters. The Morgan fingerprint density at radius 2 is 1.48 bits per heavy atom. The molecule has 4 rings (SSSR count). The normalized spacial score (nSPS) is 12.2. The Bertz CT molecular complexity index is 1740. The molecule has 0 saturated carbocycles. The van der Waals surface area contributed by atoms with Gasteiger partial charge in [0, 0.05) is 23.5 Å². The number of hydrogen-bond acceptors (Lipinski definition) is 5. The third kappa shape index (κ3) is 8.89. The van der Waals surface area contributed by atoms with Gasteiger partial charge in [0.2, 0.25) is 11.8 Å². The van der Waals surface area contributed by atoms with E-state index in [1.165, 1.54) is 24.1 Å². The minimum Gasteiger partial charge on any atom is -0.497 e. The number of carbonyl (C=O) groups is 2. The summed E-state index contributed by atoms with van der Waals surface area (Å²) in [5, 5.41) is 3.45. The van der Waals surface area contributed by atoms with E-state index < -0.39 is 34.1 Å². The van der Waals surface area contributed by atoms with Crippen molar-refractivity contribution in [1.29, 1.82) is 0 Å². The van der Waals surface area contributed by atoms with Gasteiger partial charge in [-0.15, -0.1) is 0 Å². The monoisotopic (exact) mass is 661 g/mol. The van der Waals surface area contributed by atoms with Crippen LogP contribution in [0.3, 0.4) is 0 Å². The van der Waals surface area contributed by atoms with Crippen molar-refractivity contribution in [2.24, 2.45) is 0 Å². The average Bonchev–Trinajstić information content (AvgIpc) is 3.02. The number of nitrogens with one attached hydrogen (secondary N) is 1. The summed E-state index contributed by atoms with van der Waals surface area (Å²) in [5.41, 5.74) is 2.04. The predicted molar refractivity (Wildman–Crippen MR) is 183 cm³/mol. The highest BCUT2D eigenvalue weighted by molar-refractivity contribution is 7.92. The molecule has 2 amide bonds. The van der Waals surface area contributed by atoms with Crippen LogP contribution in [0, 0.1) is 6.92 Å². The minimum atomic E-state index is -4.22. The van der Waals surface area contributed by atoms with Crippen LogP contribution in [0.1, 0.15) is 37.5 Å². The van der Waals surface area contributed by atoms with Gasteiger partial charge in [-0.25, -0.2) is 8.42 Å². The summed E-state index contributed by atoms with van der Waals surface area (Å²) in [6, 6.07) is 28.4. The lowest BCUT2D eigenvalue weighted by Crippen LogP contribution is -2.56. The van der Waals surface area contributed by atoms with Crippen molar-refractivity contribution < 1.29 is 22.7 Å². The molecule has 4 aromatic carbocycles. The number of benzene rings is 4. The van der Waals surface area contributed by atoms with Gasteiger partial charge in [0.25, 0.3) is 10.0 Å². The number of sulfonamides is 1. The number of rotatable bonds is 12. The van der Waals surface area contributed by atoms with Gasteiger partial charge in [-0.3, -0.25) is 13.9 Å². The first kappa shape index (κ1) is 34.5. The first-order valence-electron chi connectivity index (χ1n) is 14.9. The van der Waals surface area contributed by atoms with E-state index in [0.717, 1.165) is 15.4 Å². The molecule has 0 heterocycles. The Morgan fingerprint density at radius 3 is 2.07 bits per heavy atom. The van der Waals surface area contributed by atoms with Crippen LogP contribution >= 0.6 is 11.6 Å². The molecular formula is C36H40ClN3O5S. The molecule has 0 aliphatic rings. The zero-order valence-electron chi connectivity index (χ0n) is 26.7. The van der Waals surface area contributed by atoms with Crippen LogP contribution in [0.5, 0.6) is 5.75 Å². The summed E-state index contributed by atoms with van der Waals surface area (Å²) < 4.78 is 34.7. The highest BCUT2D eigenvalue weighted by Gasteiger charge is 2.36. The van der Waals surface area contributed by atoms with Gasteiger partial charge in [-0.1, -0.05) is 77.8 Å². The molecule has 0 aliphatic carbocycles. The van der Waals surface area contributed by atoms with E-state index in [-0.39, 0.29) is 29.5 Å². The molecule has 1 N–H and O–H groups in total. The number of carbonyl (C=O) groups excluding carboxylic acids is 2. The fraction of sp³-hybridized carbons (Fsp3) is 0.278. The summed E-state index contributed by atoms with van der Waals surface area (Å²) in [5.74, 6) is -0.407. The molecule has 242 valence electrons. The fourth-order valence-corrected chi connectivity index (χ4v) is 6.54. The van der Waals surface area contributed by atoms with Gasteiger partial charge >= 0.3 is 0 Å². The lowest BCUT2D eigenvalue weighted by molar-refractivity contribution is -0.140. The Morgan fingerprint density at radius 1 is 0.870 bits per heavy atom. The maximum absolute atomic E-state index is 14.6. The minimum absolute atomic E-state index is 0.0192. The molecule has 0 fully saturated rings. The molecular weight excluding hydrogens is 622 g/mol. The lowest BCUT2D eigenvalue weighted by atomic mass is 10.0. The van der Waals surface area contributed by atoms with Crippen LogP contribution < -0.4 is 14.4 Å². The second-order valence-electron chi connectivity index (χ2n) is 12.1. The van der Waals surface area contributed by atoms with E-state index in [1.807, 2.05) is 58.0 Å². The number of amides is 2. The Kier molecular flexibility index (Phi) is 11.1. The Labute approximate surface area is 277 Å². The summed E-state index contributed by atoms with van der Waals surface area (Å²) in [4.78, 5) is 30.0. The van der Waals surface area contributed by atoms with Crippen molar-refractivity contribution in [1.82, 2.24) is 10.2 Å². The van der Waals surface area contributed by atoms with Gasteiger partial charge in [0.1, 0.15) is 18.3 Å². The van der Waals surface area contributed by atoms with E-state index in [1.54, 1.807) is 60.7 Å². The van der Waals surface area contributed by atoms with Crippen molar-refractivity contribution >= 4 is 39.1 Å². The van der Waals surface area contributed by atoms with Crippen LogP contribution in [0.4, 0.5) is 5.69 Å². The van der Waals surface area contributed by atoms with Gasteiger partial charge in [0.05, 0.1) is 17.7 Å². The number of hydrogen-bond donors (Lipinski definition) is 1. The third-order valence-corrected chi connectivity index (χ3v) is 9.47. The van der Waals surface area contributed by atoms with Crippen LogP contribution in [-0.4, -0.2) is 50.4 Å². The first-order valence-corrected chi connectivity index (χ1v) is 16.7. The van der Waals surface area contributed by atoms with Gasteiger partial charge < -0.3 is 15.0 Å². The van der Waals surface area contributed by atoms with Crippen LogP contribution in [-0.2, 0) is 32.6 Å². The molecule has 0 aliphatic heterocycles. The lowest BCUT2D eigenvalue weighted by Gasteiger charge is -2.35. The number of anilines is 1. The third-order valence-electron chi connectivity index (χ3n) is 7.32. The molecule has 0 radical (unpaired) electrons. The van der Waals surface area contributed by atoms with Crippen LogP contribution in [0.25, 0.3) is 0 Å². The van der Waals surface area contributed by atoms with Gasteiger partial charge in [-0.2, -0.15) is 0 Å². The largest absolute Gasteiger partial charge is 0.497 e. The van der Waals surface area contributed by atoms with E-state index >= 15 is 0 Å². The molecule has 0 aromatic heterocycles. The second kappa shape index (κ2) is 14.8. The molecule has 46 heavy (non-hydrogen) atoms. The molecule has 0 bridgehead atoms. The quantitative estimate of drug-likeness (QED) is 0.189. The second-order valence-corrected chi connectivity index (χ2v) is 14.4.